The summed E-state index contributed by atoms with van der Waals surface area (Å²) >= 11 is 0. The largest absolute Gasteiger partial charge is 0.457 e. The van der Waals surface area contributed by atoms with Gasteiger partial charge in [0.25, 0.3) is 0 Å². The molecule has 7 heterocycles. The van der Waals surface area contributed by atoms with Crippen molar-refractivity contribution >= 4 is 92.9 Å². The van der Waals surface area contributed by atoms with Crippen LogP contribution in [0.1, 0.15) is 27.8 Å². The van der Waals surface area contributed by atoms with Crippen LogP contribution in [-0.2, 0) is 5.41 Å². The Hall–Kier alpha value is -11.5. The summed E-state index contributed by atoms with van der Waals surface area (Å²) in [5.74, 6) is 1.40. The third kappa shape index (κ3) is 5.77. The zero-order valence-corrected chi connectivity index (χ0v) is 43.6. The number of hydrogen-bond donors (Lipinski definition) is 0. The molecule has 2 aliphatic rings. The summed E-state index contributed by atoms with van der Waals surface area (Å²) in [6, 6.07) is 83.6. The number of nitriles is 1. The highest BCUT2D eigenvalue weighted by atomic mass is 16.5. The molecule has 1 spiro atoms. The van der Waals surface area contributed by atoms with Gasteiger partial charge in [-0.25, -0.2) is 4.85 Å². The Balaban J connectivity index is 0.968. The number of pyridine rings is 2. The Bertz CT molecular complexity index is 5520. The Kier molecular flexibility index (Phi) is 8.83. The van der Waals surface area contributed by atoms with Gasteiger partial charge in [-0.05, 0) is 96.4 Å². The van der Waals surface area contributed by atoms with Crippen molar-refractivity contribution in [1.29, 1.82) is 5.26 Å². The van der Waals surface area contributed by atoms with Crippen LogP contribution < -0.4 is 4.74 Å². The van der Waals surface area contributed by atoms with Crippen molar-refractivity contribution in [3.8, 4) is 51.7 Å². The molecule has 1 aliphatic heterocycles. The molecule has 0 fully saturated rings. The van der Waals surface area contributed by atoms with E-state index in [1.54, 1.807) is 0 Å². The van der Waals surface area contributed by atoms with Crippen molar-refractivity contribution < 1.29 is 4.74 Å². The molecule has 18 rings (SSSR count). The number of benzene rings is 10. The summed E-state index contributed by atoms with van der Waals surface area (Å²) in [5.41, 5.74) is 17.7. The van der Waals surface area contributed by atoms with E-state index in [0.29, 0.717) is 22.7 Å². The van der Waals surface area contributed by atoms with Crippen LogP contribution in [0.25, 0.3) is 126 Å². The summed E-state index contributed by atoms with van der Waals surface area (Å²) in [4.78, 5) is 14.9. The topological polar surface area (TPSA) is 82.9 Å². The van der Waals surface area contributed by atoms with Crippen LogP contribution in [-0.4, -0.2) is 28.2 Å². The Morgan fingerprint density at radius 1 is 0.366 bits per heavy atom. The van der Waals surface area contributed by atoms with Crippen molar-refractivity contribution in [2.45, 2.75) is 5.41 Å². The molecule has 378 valence electrons. The summed E-state index contributed by atoms with van der Waals surface area (Å²) in [6.07, 6.45) is 3.99. The van der Waals surface area contributed by atoms with Crippen molar-refractivity contribution in [2.24, 2.45) is 0 Å². The van der Waals surface area contributed by atoms with Crippen LogP contribution in [0.15, 0.2) is 243 Å². The Morgan fingerprint density at radius 3 is 1.15 bits per heavy atom. The lowest BCUT2D eigenvalue weighted by Gasteiger charge is -2.39. The molecule has 0 radical (unpaired) electrons. The monoisotopic (exact) mass is 1040 g/mol. The molecule has 10 aromatic carbocycles. The lowest BCUT2D eigenvalue weighted by molar-refractivity contribution is 0.436. The fourth-order valence-corrected chi connectivity index (χ4v) is 14.2. The third-order valence-electron chi connectivity index (χ3n) is 17.5. The van der Waals surface area contributed by atoms with Crippen molar-refractivity contribution in [2.75, 3.05) is 0 Å². The first kappa shape index (κ1) is 44.5. The standard InChI is InChI=1S/C73H40N8O/c1-75-44-27-33-68-56(35-44)54-19-7-13-25-66(54)81(68)48-37-60-72(77-42-48)71-59(36-47(41-76-71)80-63-22-10-4-16-51(63)52-17-5-11-23-64(52)80)73(60)57-30-28-45(78-61-20-8-2-14-49(61)50-15-3-9-21-62(50)78)38-69(57)82-70-39-46(29-31-58(70)73)79-65-24-12-6-18-53(65)55-34-43(40-74)26-32-67(55)79/h2-39,41-42H. The van der Waals surface area contributed by atoms with E-state index in [1.165, 1.54) is 21.5 Å². The number of rotatable bonds is 4. The first-order chi connectivity index (χ1) is 40.6. The molecule has 1 atom stereocenters. The van der Waals surface area contributed by atoms with E-state index in [4.69, 9.17) is 21.3 Å². The Labute approximate surface area is 468 Å². The van der Waals surface area contributed by atoms with Crippen LogP contribution in [0.4, 0.5) is 5.69 Å². The van der Waals surface area contributed by atoms with Crippen LogP contribution in [0.3, 0.4) is 0 Å². The molecule has 16 aromatic rings. The SMILES string of the molecule is [C-]#[N+]c1ccc2c(c1)c1ccccc1n2-c1cnc2c(c1)C1(c3ccc(-n4c5ccccc5c5ccccc54)cc3Oc3cc(-n4c5ccccc5c5cc(C#N)ccc54)ccc31)c1cc(-n3c4ccccc4c4ccccc43)cnc1-2. The predicted molar refractivity (Wildman–Crippen MR) is 328 cm³/mol. The van der Waals surface area contributed by atoms with Crippen LogP contribution in [0.5, 0.6) is 11.5 Å². The number of aromatic nitrogens is 6. The van der Waals surface area contributed by atoms with E-state index in [9.17, 15) is 5.26 Å². The maximum Gasteiger partial charge on any atom is 0.188 e. The third-order valence-corrected chi connectivity index (χ3v) is 17.5. The molecule has 9 nitrogen and oxygen atoms in total. The molecule has 82 heavy (non-hydrogen) atoms. The molecule has 0 saturated carbocycles. The molecule has 0 N–H and O–H groups in total. The molecule has 1 unspecified atom stereocenters. The van der Waals surface area contributed by atoms with Crippen LogP contribution in [0.2, 0.25) is 0 Å². The molecular formula is C73H40N8O. The highest BCUT2D eigenvalue weighted by Gasteiger charge is 2.53. The van der Waals surface area contributed by atoms with Gasteiger partial charge in [0.1, 0.15) is 11.5 Å². The highest BCUT2D eigenvalue weighted by Crippen LogP contribution is 2.63. The quantitative estimate of drug-likeness (QED) is 0.164. The van der Waals surface area contributed by atoms with Gasteiger partial charge in [-0.1, -0.05) is 127 Å². The second-order valence-corrected chi connectivity index (χ2v) is 21.5. The van der Waals surface area contributed by atoms with Gasteiger partial charge in [0, 0.05) is 83.5 Å². The van der Waals surface area contributed by atoms with Gasteiger partial charge in [-0.3, -0.25) is 9.97 Å². The van der Waals surface area contributed by atoms with E-state index in [0.717, 1.165) is 122 Å². The van der Waals surface area contributed by atoms with E-state index < -0.39 is 5.41 Å². The average molecular weight is 1050 g/mol. The zero-order valence-electron chi connectivity index (χ0n) is 43.6. The predicted octanol–water partition coefficient (Wildman–Crippen LogP) is 17.8. The number of fused-ring (bicyclic) bond motifs is 21. The smallest absolute Gasteiger partial charge is 0.188 e. The van der Waals surface area contributed by atoms with Gasteiger partial charge in [-0.15, -0.1) is 0 Å². The number of hydrogen-bond acceptors (Lipinski definition) is 4. The molecule has 1 aliphatic carbocycles. The lowest BCUT2D eigenvalue weighted by Crippen LogP contribution is -2.32. The minimum Gasteiger partial charge on any atom is -0.457 e. The minimum absolute atomic E-state index is 0.588. The molecule has 0 amide bonds. The molecule has 0 saturated heterocycles. The summed E-state index contributed by atoms with van der Waals surface area (Å²) in [5, 5.41) is 18.9. The fraction of sp³-hybridized carbons (Fsp3) is 0.0137. The van der Waals surface area contributed by atoms with Crippen LogP contribution >= 0.6 is 0 Å². The zero-order chi connectivity index (χ0) is 53.9. The number of para-hydroxylation sites is 6. The average Bonchev–Trinajstić information content (AvgIpc) is 1.57. The Morgan fingerprint density at radius 2 is 0.732 bits per heavy atom. The maximum absolute atomic E-state index is 10.1. The molecule has 0 bridgehead atoms. The van der Waals surface area contributed by atoms with E-state index >= 15 is 0 Å². The summed E-state index contributed by atoms with van der Waals surface area (Å²) in [7, 11) is 0. The van der Waals surface area contributed by atoms with Crippen molar-refractivity contribution in [1.82, 2.24) is 28.2 Å². The number of nitrogens with zero attached hydrogens (tertiary/aromatic N) is 8. The van der Waals surface area contributed by atoms with Gasteiger partial charge >= 0.3 is 0 Å². The van der Waals surface area contributed by atoms with Gasteiger partial charge in [-0.2, -0.15) is 5.26 Å². The minimum atomic E-state index is -1.05. The van der Waals surface area contributed by atoms with Crippen molar-refractivity contribution in [3.63, 3.8) is 0 Å². The van der Waals surface area contributed by atoms with Gasteiger partial charge < -0.3 is 23.0 Å². The normalized spacial score (nSPS) is 14.2. The lowest BCUT2D eigenvalue weighted by atomic mass is 9.66. The van der Waals surface area contributed by atoms with Gasteiger partial charge in [0.15, 0.2) is 5.69 Å². The van der Waals surface area contributed by atoms with Gasteiger partial charge in [0.05, 0.1) is 103 Å². The van der Waals surface area contributed by atoms with E-state index in [-0.39, 0.29) is 0 Å². The molecular weight excluding hydrogens is 1000 g/mol. The fourth-order valence-electron chi connectivity index (χ4n) is 14.2. The van der Waals surface area contributed by atoms with E-state index in [1.807, 2.05) is 36.7 Å². The second kappa shape index (κ2) is 16.3. The summed E-state index contributed by atoms with van der Waals surface area (Å²) < 4.78 is 16.8. The first-order valence-corrected chi connectivity index (χ1v) is 27.4. The highest BCUT2D eigenvalue weighted by molar-refractivity contribution is 6.13. The molecule has 6 aromatic heterocycles. The number of ether oxygens (including phenoxy) is 1. The van der Waals surface area contributed by atoms with E-state index in [2.05, 4.69) is 235 Å². The molecule has 9 heteroatoms. The van der Waals surface area contributed by atoms with Crippen LogP contribution in [0, 0.1) is 17.9 Å². The first-order valence-electron chi connectivity index (χ1n) is 27.4. The second-order valence-electron chi connectivity index (χ2n) is 21.5. The summed E-state index contributed by atoms with van der Waals surface area (Å²) in [6.45, 7) is 7.96. The maximum atomic E-state index is 10.1. The van der Waals surface area contributed by atoms with Gasteiger partial charge in [0.2, 0.25) is 0 Å². The van der Waals surface area contributed by atoms with Crippen molar-refractivity contribution in [3.05, 3.63) is 282 Å².